The van der Waals surface area contributed by atoms with E-state index in [2.05, 4.69) is 15.9 Å². The molecule has 2 saturated heterocycles. The van der Waals surface area contributed by atoms with Gasteiger partial charge in [-0.2, -0.15) is 0 Å². The molecule has 0 amide bonds. The molecule has 0 spiro atoms. The number of halogens is 1. The molecule has 0 aromatic heterocycles. The van der Waals surface area contributed by atoms with Crippen molar-refractivity contribution < 1.29 is 19.4 Å². The molecule has 2 fully saturated rings. The number of epoxide rings is 1. The Hall–Kier alpha value is -0.130. The number of aliphatic hydroxyl groups is 1. The molecule has 4 atom stereocenters. The Bertz CT molecular complexity index is 195. The summed E-state index contributed by atoms with van der Waals surface area (Å²) in [6.45, 7) is 0. The number of hydrogen-bond acceptors (Lipinski definition) is 4. The average Bonchev–Trinajstić information content (AvgIpc) is 2.72. The fourth-order valence-electron chi connectivity index (χ4n) is 1.22. The first-order valence-corrected chi connectivity index (χ1v) is 4.46. The van der Waals surface area contributed by atoms with E-state index >= 15 is 0 Å². The monoisotopic (exact) mass is 222 g/mol. The van der Waals surface area contributed by atoms with E-state index in [4.69, 9.17) is 9.47 Å². The van der Waals surface area contributed by atoms with Crippen molar-refractivity contribution in [2.24, 2.45) is 0 Å². The van der Waals surface area contributed by atoms with Crippen LogP contribution >= 0.6 is 15.9 Å². The molecule has 4 nitrogen and oxygen atoms in total. The maximum atomic E-state index is 10.8. The molecule has 2 heterocycles. The van der Waals surface area contributed by atoms with Gasteiger partial charge in [0, 0.05) is 5.33 Å². The van der Waals surface area contributed by atoms with Crippen molar-refractivity contribution in [3.8, 4) is 0 Å². The van der Waals surface area contributed by atoms with Gasteiger partial charge in [-0.15, -0.1) is 0 Å². The summed E-state index contributed by atoms with van der Waals surface area (Å²) in [7, 11) is 0. The van der Waals surface area contributed by atoms with Gasteiger partial charge >= 0.3 is 5.97 Å². The Morgan fingerprint density at radius 3 is 2.82 bits per heavy atom. The minimum Gasteiger partial charge on any atom is -0.455 e. The van der Waals surface area contributed by atoms with Crippen molar-refractivity contribution in [1.29, 1.82) is 0 Å². The first-order chi connectivity index (χ1) is 5.24. The average molecular weight is 223 g/mol. The number of ether oxygens (including phenoxy) is 2. The third kappa shape index (κ3) is 1.07. The zero-order chi connectivity index (χ0) is 8.01. The Morgan fingerprint density at radius 1 is 1.73 bits per heavy atom. The van der Waals surface area contributed by atoms with Crippen LogP contribution in [-0.2, 0) is 14.3 Å². The highest BCUT2D eigenvalue weighted by Crippen LogP contribution is 2.36. The van der Waals surface area contributed by atoms with E-state index < -0.39 is 18.3 Å². The van der Waals surface area contributed by atoms with Crippen LogP contribution in [0.4, 0.5) is 0 Å². The Balaban J connectivity index is 2.01. The van der Waals surface area contributed by atoms with Gasteiger partial charge < -0.3 is 14.6 Å². The number of carbonyl (C=O) groups excluding carboxylic acids is 1. The van der Waals surface area contributed by atoms with Gasteiger partial charge in [0.25, 0.3) is 0 Å². The Labute approximate surface area is 71.6 Å². The normalized spacial score (nSPS) is 43.1. The lowest BCUT2D eigenvalue weighted by molar-refractivity contribution is -0.154. The Morgan fingerprint density at radius 2 is 2.45 bits per heavy atom. The van der Waals surface area contributed by atoms with Crippen molar-refractivity contribution in [3.63, 3.8) is 0 Å². The van der Waals surface area contributed by atoms with E-state index in [1.165, 1.54) is 0 Å². The molecule has 5 heteroatoms. The summed E-state index contributed by atoms with van der Waals surface area (Å²) in [4.78, 5) is 10.8. The maximum Gasteiger partial charge on any atom is 0.338 e. The standard InChI is InChI=1S/C6H7BrO4/c7-1-2(8)3-4-5(10-4)6(9)11-3/h2-5,8H,1H2/t2-,3-,4+,5+/m1/s1. The van der Waals surface area contributed by atoms with Crippen molar-refractivity contribution in [2.75, 3.05) is 5.33 Å². The minimum atomic E-state index is -0.656. The largest absolute Gasteiger partial charge is 0.455 e. The minimum absolute atomic E-state index is 0.199. The maximum absolute atomic E-state index is 10.8. The second-order valence-corrected chi connectivity index (χ2v) is 3.29. The predicted octanol–water partition coefficient (Wildman–Crippen LogP) is -0.565. The van der Waals surface area contributed by atoms with E-state index in [1.807, 2.05) is 0 Å². The molecule has 0 unspecified atom stereocenters. The zero-order valence-corrected chi connectivity index (χ0v) is 7.15. The molecule has 0 radical (unpaired) electrons. The number of cyclic esters (lactones) is 1. The van der Waals surface area contributed by atoms with Gasteiger partial charge in [-0.1, -0.05) is 15.9 Å². The Kier molecular flexibility index (Phi) is 1.66. The summed E-state index contributed by atoms with van der Waals surface area (Å²) in [5.41, 5.74) is 0. The summed E-state index contributed by atoms with van der Waals surface area (Å²) in [5.74, 6) is -0.347. The van der Waals surface area contributed by atoms with Gasteiger partial charge in [0.15, 0.2) is 12.2 Å². The molecule has 2 rings (SSSR count). The lowest BCUT2D eigenvalue weighted by Gasteiger charge is -2.15. The molecule has 0 aromatic carbocycles. The van der Waals surface area contributed by atoms with Crippen LogP contribution in [-0.4, -0.2) is 40.8 Å². The topological polar surface area (TPSA) is 59.1 Å². The van der Waals surface area contributed by atoms with Crippen molar-refractivity contribution in [1.82, 2.24) is 0 Å². The second kappa shape index (κ2) is 2.43. The summed E-state index contributed by atoms with van der Waals surface area (Å²) in [6, 6.07) is 0. The zero-order valence-electron chi connectivity index (χ0n) is 5.57. The lowest BCUT2D eigenvalue weighted by atomic mass is 10.1. The molecule has 2 aliphatic rings. The summed E-state index contributed by atoms with van der Waals surface area (Å²) < 4.78 is 9.78. The highest BCUT2D eigenvalue weighted by atomic mass is 79.9. The van der Waals surface area contributed by atoms with Crippen LogP contribution < -0.4 is 0 Å². The van der Waals surface area contributed by atoms with Crippen molar-refractivity contribution >= 4 is 21.9 Å². The van der Waals surface area contributed by atoms with Crippen LogP contribution in [0, 0.1) is 0 Å². The molecular weight excluding hydrogens is 216 g/mol. The lowest BCUT2D eigenvalue weighted by Crippen LogP contribution is -2.32. The molecular formula is C6H7BrO4. The molecule has 0 saturated carbocycles. The molecule has 62 valence electrons. The van der Waals surface area contributed by atoms with E-state index in [1.54, 1.807) is 0 Å². The third-order valence-corrected chi connectivity index (χ3v) is 2.53. The fraction of sp³-hybridized carbons (Fsp3) is 0.833. The van der Waals surface area contributed by atoms with Gasteiger partial charge in [0.05, 0.1) is 0 Å². The van der Waals surface area contributed by atoms with E-state index in [0.29, 0.717) is 5.33 Å². The van der Waals surface area contributed by atoms with Gasteiger partial charge in [-0.3, -0.25) is 0 Å². The fourth-order valence-corrected chi connectivity index (χ4v) is 1.59. The molecule has 0 aliphatic carbocycles. The molecule has 1 N–H and O–H groups in total. The van der Waals surface area contributed by atoms with Crippen LogP contribution in [0.2, 0.25) is 0 Å². The van der Waals surface area contributed by atoms with E-state index in [0.717, 1.165) is 0 Å². The second-order valence-electron chi connectivity index (χ2n) is 2.64. The number of carbonyl (C=O) groups is 1. The van der Waals surface area contributed by atoms with Crippen LogP contribution in [0.1, 0.15) is 0 Å². The van der Waals surface area contributed by atoms with Crippen LogP contribution in [0.25, 0.3) is 0 Å². The first-order valence-electron chi connectivity index (χ1n) is 3.34. The summed E-state index contributed by atoms with van der Waals surface area (Å²) in [6.07, 6.45) is -1.72. The number of aliphatic hydroxyl groups excluding tert-OH is 1. The number of alkyl halides is 1. The van der Waals surface area contributed by atoms with E-state index in [9.17, 15) is 9.90 Å². The number of rotatable bonds is 2. The highest BCUT2D eigenvalue weighted by molar-refractivity contribution is 9.09. The van der Waals surface area contributed by atoms with Crippen LogP contribution in [0.3, 0.4) is 0 Å². The number of fused-ring (bicyclic) bond motifs is 1. The van der Waals surface area contributed by atoms with E-state index in [-0.39, 0.29) is 12.1 Å². The molecule has 0 aromatic rings. The van der Waals surface area contributed by atoms with Gasteiger partial charge in [0.1, 0.15) is 12.2 Å². The van der Waals surface area contributed by atoms with Gasteiger partial charge in [-0.25, -0.2) is 4.79 Å². The van der Waals surface area contributed by atoms with Gasteiger partial charge in [0.2, 0.25) is 0 Å². The number of hydrogen-bond donors (Lipinski definition) is 1. The van der Waals surface area contributed by atoms with Crippen molar-refractivity contribution in [3.05, 3.63) is 0 Å². The summed E-state index contributed by atoms with van der Waals surface area (Å²) in [5, 5.41) is 9.67. The van der Waals surface area contributed by atoms with Gasteiger partial charge in [-0.05, 0) is 0 Å². The molecule has 2 aliphatic heterocycles. The number of esters is 1. The molecule has 11 heavy (non-hydrogen) atoms. The quantitative estimate of drug-likeness (QED) is 0.387. The molecule has 0 bridgehead atoms. The summed E-state index contributed by atoms with van der Waals surface area (Å²) >= 11 is 3.09. The SMILES string of the molecule is O=C1O[C@H]([C@H](O)CBr)[C@@H]2O[C@H]12. The highest BCUT2D eigenvalue weighted by Gasteiger charge is 2.60. The van der Waals surface area contributed by atoms with Crippen LogP contribution in [0.5, 0.6) is 0 Å². The first kappa shape index (κ1) is 7.52. The smallest absolute Gasteiger partial charge is 0.338 e. The van der Waals surface area contributed by atoms with Crippen molar-refractivity contribution in [2.45, 2.75) is 24.4 Å². The third-order valence-electron chi connectivity index (χ3n) is 1.87. The van der Waals surface area contributed by atoms with Crippen LogP contribution in [0.15, 0.2) is 0 Å². The predicted molar refractivity (Wildman–Crippen MR) is 38.3 cm³/mol.